The van der Waals surface area contributed by atoms with Crippen molar-refractivity contribution in [1.29, 1.82) is 0 Å². The third-order valence-corrected chi connectivity index (χ3v) is 3.84. The molecule has 1 heterocycles. The number of carbonyl (C=O) groups excluding carboxylic acids is 1. The van der Waals surface area contributed by atoms with Crippen LogP contribution in [0.3, 0.4) is 0 Å². The average molecular weight is 416 g/mol. The number of aromatic nitrogens is 2. The summed E-state index contributed by atoms with van der Waals surface area (Å²) in [6.07, 6.45) is 1.44. The van der Waals surface area contributed by atoms with Crippen molar-refractivity contribution in [2.45, 2.75) is 0 Å². The Bertz CT molecular complexity index is 1110. The van der Waals surface area contributed by atoms with Crippen LogP contribution in [0.2, 0.25) is 0 Å². The van der Waals surface area contributed by atoms with E-state index in [9.17, 15) is 19.7 Å². The van der Waals surface area contributed by atoms with Crippen molar-refractivity contribution in [3.05, 3.63) is 78.8 Å². The van der Waals surface area contributed by atoms with Gasteiger partial charge in [-0.15, -0.1) is 0 Å². The van der Waals surface area contributed by atoms with E-state index in [-0.39, 0.29) is 22.4 Å². The molecular weight excluding hydrogens is 406 g/mol. The van der Waals surface area contributed by atoms with Gasteiger partial charge in [0.2, 0.25) is 5.82 Å². The number of fused-ring (bicyclic) bond motifs is 1. The lowest BCUT2D eigenvalue weighted by atomic mass is 10.2. The highest BCUT2D eigenvalue weighted by molar-refractivity contribution is 9.10. The molecule has 0 aliphatic carbocycles. The number of aromatic amines is 1. The van der Waals surface area contributed by atoms with Crippen LogP contribution in [0.15, 0.2) is 56.8 Å². The van der Waals surface area contributed by atoms with Crippen LogP contribution in [-0.2, 0) is 0 Å². The molecule has 0 radical (unpaired) electrons. The number of rotatable bonds is 4. The summed E-state index contributed by atoms with van der Waals surface area (Å²) in [5, 5.41) is 14.6. The van der Waals surface area contributed by atoms with E-state index in [2.05, 4.69) is 36.4 Å². The van der Waals surface area contributed by atoms with Crippen molar-refractivity contribution in [3.8, 4) is 0 Å². The molecule has 0 aliphatic heterocycles. The van der Waals surface area contributed by atoms with Crippen LogP contribution in [-0.4, -0.2) is 27.0 Å². The number of amides is 1. The molecule has 0 bridgehead atoms. The van der Waals surface area contributed by atoms with Gasteiger partial charge in [0.05, 0.1) is 22.0 Å². The number of halogens is 1. The average Bonchev–Trinajstić information content (AvgIpc) is 2.61. The van der Waals surface area contributed by atoms with E-state index in [0.717, 1.165) is 16.1 Å². The Kier molecular flexibility index (Phi) is 4.85. The van der Waals surface area contributed by atoms with Gasteiger partial charge in [0.25, 0.3) is 11.2 Å². The van der Waals surface area contributed by atoms with Gasteiger partial charge in [-0.05, 0) is 23.8 Å². The van der Waals surface area contributed by atoms with Crippen molar-refractivity contribution < 1.29 is 9.72 Å². The Morgan fingerprint density at radius 2 is 2.12 bits per heavy atom. The maximum atomic E-state index is 12.1. The number of nitrogens with one attached hydrogen (secondary N) is 2. The largest absolute Gasteiger partial charge is 0.307 e. The molecule has 0 aliphatic rings. The minimum Gasteiger partial charge on any atom is -0.302 e. The summed E-state index contributed by atoms with van der Waals surface area (Å²) in [6.45, 7) is 0. The van der Waals surface area contributed by atoms with Crippen LogP contribution < -0.4 is 11.0 Å². The Morgan fingerprint density at radius 1 is 1.31 bits per heavy atom. The molecule has 9 nitrogen and oxygen atoms in total. The summed E-state index contributed by atoms with van der Waals surface area (Å²) < 4.78 is 0.863. The van der Waals surface area contributed by atoms with Crippen LogP contribution in [0.5, 0.6) is 0 Å². The summed E-state index contributed by atoms with van der Waals surface area (Å²) in [6, 6.07) is 10.9. The number of hydrogen-bond donors (Lipinski definition) is 2. The van der Waals surface area contributed by atoms with Gasteiger partial charge in [0.1, 0.15) is 0 Å². The predicted octanol–water partition coefficient (Wildman–Crippen LogP) is 2.36. The van der Waals surface area contributed by atoms with Gasteiger partial charge in [0, 0.05) is 16.6 Å². The summed E-state index contributed by atoms with van der Waals surface area (Å²) in [4.78, 5) is 40.6. The molecule has 0 saturated carbocycles. The van der Waals surface area contributed by atoms with E-state index in [1.54, 1.807) is 12.1 Å². The second-order valence-electron chi connectivity index (χ2n) is 5.13. The fourth-order valence-electron chi connectivity index (χ4n) is 2.15. The third-order valence-electron chi connectivity index (χ3n) is 3.34. The molecule has 2 N–H and O–H groups in total. The molecule has 0 spiro atoms. The molecule has 0 fully saturated rings. The number of H-pyrrole nitrogens is 1. The first-order chi connectivity index (χ1) is 12.4. The Balaban J connectivity index is 1.83. The monoisotopic (exact) mass is 415 g/mol. The van der Waals surface area contributed by atoms with E-state index in [4.69, 9.17) is 0 Å². The van der Waals surface area contributed by atoms with Crippen LogP contribution in [0.4, 0.5) is 5.69 Å². The minimum absolute atomic E-state index is 0.0217. The van der Waals surface area contributed by atoms with E-state index < -0.39 is 16.4 Å². The lowest BCUT2D eigenvalue weighted by molar-refractivity contribution is -0.384. The molecule has 26 heavy (non-hydrogen) atoms. The number of nitrogens with zero attached hydrogens (tertiary/aromatic N) is 3. The summed E-state index contributed by atoms with van der Waals surface area (Å²) in [5.41, 5.74) is 2.30. The highest BCUT2D eigenvalue weighted by Gasteiger charge is 2.14. The second kappa shape index (κ2) is 7.23. The van der Waals surface area contributed by atoms with Crippen molar-refractivity contribution in [2.75, 3.05) is 0 Å². The van der Waals surface area contributed by atoms with E-state index >= 15 is 0 Å². The molecule has 2 aromatic carbocycles. The lowest BCUT2D eigenvalue weighted by Crippen LogP contribution is -2.24. The fourth-order valence-corrected chi connectivity index (χ4v) is 2.57. The number of benzene rings is 2. The molecule has 1 amide bonds. The standard InChI is InChI=1S/C16H10BrN5O4/c17-10-3-1-2-9(6-10)8-18-21-16(24)14-19-13-5-4-11(22(25)26)7-12(13)15(23)20-14/h1-8H,(H,21,24)(H,19,20,23)/b18-8-. The van der Waals surface area contributed by atoms with Gasteiger partial charge in [-0.2, -0.15) is 5.10 Å². The maximum absolute atomic E-state index is 12.1. The first kappa shape index (κ1) is 17.4. The highest BCUT2D eigenvalue weighted by atomic mass is 79.9. The number of hydrogen-bond acceptors (Lipinski definition) is 6. The van der Waals surface area contributed by atoms with Gasteiger partial charge < -0.3 is 4.98 Å². The zero-order valence-electron chi connectivity index (χ0n) is 13.0. The van der Waals surface area contributed by atoms with Gasteiger partial charge in [0.15, 0.2) is 0 Å². The molecule has 0 saturated heterocycles. The molecular formula is C16H10BrN5O4. The SMILES string of the molecule is O=C(N/N=C\c1cccc(Br)c1)c1nc2ccc([N+](=O)[O-])cc2c(=O)[nH]1. The van der Waals surface area contributed by atoms with Crippen molar-refractivity contribution >= 4 is 44.6 Å². The van der Waals surface area contributed by atoms with Gasteiger partial charge in [-0.3, -0.25) is 19.7 Å². The minimum atomic E-state index is -0.714. The molecule has 0 atom stereocenters. The number of carbonyl (C=O) groups is 1. The molecule has 3 aromatic rings. The molecule has 1 aromatic heterocycles. The van der Waals surface area contributed by atoms with E-state index in [0.29, 0.717) is 0 Å². The quantitative estimate of drug-likeness (QED) is 0.383. The van der Waals surface area contributed by atoms with Crippen molar-refractivity contribution in [3.63, 3.8) is 0 Å². The molecule has 0 unspecified atom stereocenters. The van der Waals surface area contributed by atoms with Gasteiger partial charge in [-0.1, -0.05) is 28.1 Å². The lowest BCUT2D eigenvalue weighted by Gasteiger charge is -2.02. The molecule has 10 heteroatoms. The van der Waals surface area contributed by atoms with Crippen LogP contribution >= 0.6 is 15.9 Å². The number of nitro benzene ring substituents is 1. The zero-order chi connectivity index (χ0) is 18.7. The molecule has 130 valence electrons. The smallest absolute Gasteiger partial charge is 0.302 e. The topological polar surface area (TPSA) is 130 Å². The summed E-state index contributed by atoms with van der Waals surface area (Å²) in [5.74, 6) is -0.962. The fraction of sp³-hybridized carbons (Fsp3) is 0. The van der Waals surface area contributed by atoms with Crippen molar-refractivity contribution in [2.24, 2.45) is 5.10 Å². The van der Waals surface area contributed by atoms with Gasteiger partial charge in [-0.25, -0.2) is 10.4 Å². The normalized spacial score (nSPS) is 11.0. The Morgan fingerprint density at radius 3 is 2.85 bits per heavy atom. The second-order valence-corrected chi connectivity index (χ2v) is 6.04. The zero-order valence-corrected chi connectivity index (χ0v) is 14.6. The van der Waals surface area contributed by atoms with Crippen molar-refractivity contribution in [1.82, 2.24) is 15.4 Å². The molecule has 3 rings (SSSR count). The number of nitro groups is 1. The highest BCUT2D eigenvalue weighted by Crippen LogP contribution is 2.16. The number of non-ortho nitro benzene ring substituents is 1. The Hall–Kier alpha value is -3.40. The van der Waals surface area contributed by atoms with Crippen LogP contribution in [0.25, 0.3) is 10.9 Å². The van der Waals surface area contributed by atoms with Crippen LogP contribution in [0, 0.1) is 10.1 Å². The van der Waals surface area contributed by atoms with E-state index in [1.165, 1.54) is 18.3 Å². The third kappa shape index (κ3) is 3.81. The predicted molar refractivity (Wildman–Crippen MR) is 98.2 cm³/mol. The first-order valence-corrected chi connectivity index (χ1v) is 8.01. The maximum Gasteiger partial charge on any atom is 0.307 e. The van der Waals surface area contributed by atoms with Crippen LogP contribution in [0.1, 0.15) is 16.2 Å². The number of hydrazone groups is 1. The van der Waals surface area contributed by atoms with E-state index in [1.807, 2.05) is 12.1 Å². The summed E-state index contributed by atoms with van der Waals surface area (Å²) in [7, 11) is 0. The summed E-state index contributed by atoms with van der Waals surface area (Å²) >= 11 is 3.32. The Labute approximate surface area is 154 Å². The van der Waals surface area contributed by atoms with Gasteiger partial charge >= 0.3 is 5.91 Å². The first-order valence-electron chi connectivity index (χ1n) is 7.21.